The third-order valence-corrected chi connectivity index (χ3v) is 4.76. The van der Waals surface area contributed by atoms with Crippen LogP contribution < -0.4 is 4.90 Å². The first kappa shape index (κ1) is 20.2. The van der Waals surface area contributed by atoms with E-state index >= 15 is 0 Å². The molecule has 0 spiro atoms. The van der Waals surface area contributed by atoms with Crippen molar-refractivity contribution in [1.82, 2.24) is 0 Å². The van der Waals surface area contributed by atoms with E-state index in [2.05, 4.69) is 4.74 Å². The molecule has 144 valence electrons. The molecule has 0 aromatic heterocycles. The van der Waals surface area contributed by atoms with Gasteiger partial charge in [0.05, 0.1) is 18.3 Å². The Kier molecular flexibility index (Phi) is 6.98. The highest BCUT2D eigenvalue weighted by molar-refractivity contribution is 7.86. The summed E-state index contributed by atoms with van der Waals surface area (Å²) in [6.07, 6.45) is 0.764. The zero-order valence-electron chi connectivity index (χ0n) is 14.8. The van der Waals surface area contributed by atoms with Crippen LogP contribution in [0.25, 0.3) is 0 Å². The number of ether oxygens (including phenoxy) is 2. The lowest BCUT2D eigenvalue weighted by molar-refractivity contribution is -0.139. The van der Waals surface area contributed by atoms with Gasteiger partial charge in [-0.1, -0.05) is 6.07 Å². The first-order valence-corrected chi connectivity index (χ1v) is 9.95. The molecule has 1 aromatic rings. The SMILES string of the molecule is CCOC(=O)c1cccc(N2CCC[C@@H](OS(=O)(=O)COC(C)=O)C2)c1. The molecule has 0 amide bonds. The predicted octanol–water partition coefficient (Wildman–Crippen LogP) is 1.70. The van der Waals surface area contributed by atoms with E-state index in [0.717, 1.165) is 25.6 Å². The van der Waals surface area contributed by atoms with E-state index in [9.17, 15) is 18.0 Å². The van der Waals surface area contributed by atoms with Crippen molar-refractivity contribution in [3.05, 3.63) is 29.8 Å². The van der Waals surface area contributed by atoms with Crippen molar-refractivity contribution in [2.24, 2.45) is 0 Å². The summed E-state index contributed by atoms with van der Waals surface area (Å²) in [6, 6.07) is 6.98. The zero-order valence-corrected chi connectivity index (χ0v) is 15.7. The number of anilines is 1. The predicted molar refractivity (Wildman–Crippen MR) is 94.3 cm³/mol. The smallest absolute Gasteiger partial charge is 0.338 e. The number of hydrogen-bond donors (Lipinski definition) is 0. The molecule has 0 saturated carbocycles. The summed E-state index contributed by atoms with van der Waals surface area (Å²) < 4.78 is 38.4. The first-order valence-electron chi connectivity index (χ1n) is 8.37. The number of hydrogen-bond acceptors (Lipinski definition) is 8. The normalized spacial score (nSPS) is 17.6. The average Bonchev–Trinajstić information content (AvgIpc) is 2.60. The highest BCUT2D eigenvalue weighted by atomic mass is 32.2. The number of carbonyl (C=O) groups is 2. The molecule has 1 aliphatic heterocycles. The second-order valence-corrected chi connectivity index (χ2v) is 7.43. The molecule has 0 unspecified atom stereocenters. The quantitative estimate of drug-likeness (QED) is 0.517. The van der Waals surface area contributed by atoms with Gasteiger partial charge in [-0.3, -0.25) is 8.98 Å². The molecule has 2 rings (SSSR count). The maximum Gasteiger partial charge on any atom is 0.338 e. The van der Waals surface area contributed by atoms with Gasteiger partial charge < -0.3 is 14.4 Å². The van der Waals surface area contributed by atoms with Crippen LogP contribution >= 0.6 is 0 Å². The Morgan fingerprint density at radius 1 is 1.27 bits per heavy atom. The third-order valence-electron chi connectivity index (χ3n) is 3.79. The highest BCUT2D eigenvalue weighted by Gasteiger charge is 2.27. The Hall–Kier alpha value is -2.13. The van der Waals surface area contributed by atoms with Crippen LogP contribution in [0, 0.1) is 0 Å². The Morgan fingerprint density at radius 2 is 2.04 bits per heavy atom. The van der Waals surface area contributed by atoms with Crippen LogP contribution in [-0.2, 0) is 28.6 Å². The lowest BCUT2D eigenvalue weighted by atomic mass is 10.1. The topological polar surface area (TPSA) is 99.2 Å². The van der Waals surface area contributed by atoms with Crippen LogP contribution in [-0.4, -0.2) is 52.1 Å². The van der Waals surface area contributed by atoms with Crippen LogP contribution in [0.4, 0.5) is 5.69 Å². The molecule has 1 heterocycles. The van der Waals surface area contributed by atoms with Crippen LogP contribution in [0.2, 0.25) is 0 Å². The molecular formula is C17H23NO7S. The molecule has 1 aromatic carbocycles. The van der Waals surface area contributed by atoms with E-state index in [1.807, 2.05) is 11.0 Å². The number of rotatable bonds is 7. The molecule has 1 aliphatic rings. The summed E-state index contributed by atoms with van der Waals surface area (Å²) in [5, 5.41) is 0. The van der Waals surface area contributed by atoms with E-state index in [4.69, 9.17) is 8.92 Å². The van der Waals surface area contributed by atoms with Gasteiger partial charge in [0.2, 0.25) is 5.94 Å². The van der Waals surface area contributed by atoms with Crippen molar-refractivity contribution >= 4 is 27.7 Å². The highest BCUT2D eigenvalue weighted by Crippen LogP contribution is 2.23. The van der Waals surface area contributed by atoms with Gasteiger partial charge in [0.25, 0.3) is 0 Å². The molecule has 1 saturated heterocycles. The second-order valence-electron chi connectivity index (χ2n) is 5.89. The minimum absolute atomic E-state index is 0.295. The Balaban J connectivity index is 2.03. The van der Waals surface area contributed by atoms with Crippen LogP contribution in [0.3, 0.4) is 0 Å². The standard InChI is InChI=1S/C17H23NO7S/c1-3-23-17(20)14-6-4-7-15(10-14)18-9-5-8-16(11-18)25-26(21,22)12-24-13(2)19/h4,6-7,10,16H,3,5,8-9,11-12H2,1-2H3/t16-/m1/s1. The fraction of sp³-hybridized carbons (Fsp3) is 0.529. The molecule has 0 N–H and O–H groups in total. The lowest BCUT2D eigenvalue weighted by Crippen LogP contribution is -2.41. The summed E-state index contributed by atoms with van der Waals surface area (Å²) >= 11 is 0. The van der Waals surface area contributed by atoms with E-state index in [-0.39, 0.29) is 0 Å². The van der Waals surface area contributed by atoms with Gasteiger partial charge in [0.1, 0.15) is 0 Å². The molecule has 26 heavy (non-hydrogen) atoms. The molecule has 0 bridgehead atoms. The Bertz CT molecular complexity index is 747. The summed E-state index contributed by atoms with van der Waals surface area (Å²) in [4.78, 5) is 24.6. The summed E-state index contributed by atoms with van der Waals surface area (Å²) in [7, 11) is -3.95. The van der Waals surface area contributed by atoms with Crippen molar-refractivity contribution in [2.75, 3.05) is 30.5 Å². The van der Waals surface area contributed by atoms with Gasteiger partial charge >= 0.3 is 22.1 Å². The summed E-state index contributed by atoms with van der Waals surface area (Å²) in [5.41, 5.74) is 1.23. The molecule has 0 radical (unpaired) electrons. The molecule has 8 nitrogen and oxygen atoms in total. The second kappa shape index (κ2) is 9.00. The molecule has 9 heteroatoms. The fourth-order valence-corrected chi connectivity index (χ4v) is 3.62. The van der Waals surface area contributed by atoms with Crippen molar-refractivity contribution in [2.45, 2.75) is 32.8 Å². The number of benzene rings is 1. The molecular weight excluding hydrogens is 362 g/mol. The Labute approximate surface area is 153 Å². The molecule has 0 aliphatic carbocycles. The minimum atomic E-state index is -3.95. The van der Waals surface area contributed by atoms with E-state index < -0.39 is 34.1 Å². The summed E-state index contributed by atoms with van der Waals surface area (Å²) in [6.45, 7) is 4.24. The average molecular weight is 385 g/mol. The zero-order chi connectivity index (χ0) is 19.2. The van der Waals surface area contributed by atoms with Crippen molar-refractivity contribution in [1.29, 1.82) is 0 Å². The lowest BCUT2D eigenvalue weighted by Gasteiger charge is -2.33. The minimum Gasteiger partial charge on any atom is -0.462 e. The van der Waals surface area contributed by atoms with Gasteiger partial charge in [0.15, 0.2) is 0 Å². The number of piperidine rings is 1. The number of carbonyl (C=O) groups excluding carboxylic acids is 2. The van der Waals surface area contributed by atoms with Crippen LogP contribution in [0.1, 0.15) is 37.0 Å². The van der Waals surface area contributed by atoms with E-state index in [1.165, 1.54) is 0 Å². The third kappa shape index (κ3) is 5.99. The Morgan fingerprint density at radius 3 is 2.73 bits per heavy atom. The fourth-order valence-electron chi connectivity index (χ4n) is 2.69. The van der Waals surface area contributed by atoms with Gasteiger partial charge in [-0.25, -0.2) is 4.79 Å². The van der Waals surface area contributed by atoms with E-state index in [0.29, 0.717) is 25.1 Å². The molecule has 1 atom stereocenters. The van der Waals surface area contributed by atoms with Gasteiger partial charge in [0, 0.05) is 25.7 Å². The van der Waals surface area contributed by atoms with Crippen LogP contribution in [0.5, 0.6) is 0 Å². The van der Waals surface area contributed by atoms with Crippen LogP contribution in [0.15, 0.2) is 24.3 Å². The maximum atomic E-state index is 11.9. The summed E-state index contributed by atoms with van der Waals surface area (Å²) in [5.74, 6) is -1.88. The van der Waals surface area contributed by atoms with Gasteiger partial charge in [-0.15, -0.1) is 0 Å². The van der Waals surface area contributed by atoms with E-state index in [1.54, 1.807) is 25.1 Å². The maximum absolute atomic E-state index is 11.9. The largest absolute Gasteiger partial charge is 0.462 e. The number of esters is 2. The molecule has 1 fully saturated rings. The first-order chi connectivity index (χ1) is 12.3. The number of nitrogens with zero attached hydrogens (tertiary/aromatic N) is 1. The van der Waals surface area contributed by atoms with Crippen molar-refractivity contribution in [3.8, 4) is 0 Å². The van der Waals surface area contributed by atoms with Gasteiger partial charge in [-0.2, -0.15) is 8.42 Å². The van der Waals surface area contributed by atoms with Crippen molar-refractivity contribution in [3.63, 3.8) is 0 Å². The van der Waals surface area contributed by atoms with Gasteiger partial charge in [-0.05, 0) is 38.0 Å². The van der Waals surface area contributed by atoms with Crippen molar-refractivity contribution < 1.29 is 31.7 Å². The monoisotopic (exact) mass is 385 g/mol.